The number of aliphatic imine (C=N–C) groups is 1. The number of guanidine groups is 1. The van der Waals surface area contributed by atoms with E-state index in [0.29, 0.717) is 25.5 Å². The predicted molar refractivity (Wildman–Crippen MR) is 89.0 cm³/mol. The third kappa shape index (κ3) is 3.24. The molecule has 2 heterocycles. The minimum absolute atomic E-state index is 0.157. The molecule has 0 radical (unpaired) electrons. The van der Waals surface area contributed by atoms with Crippen molar-refractivity contribution in [1.29, 1.82) is 0 Å². The average Bonchev–Trinajstić information content (AvgIpc) is 2.71. The molecule has 1 aromatic carbocycles. The monoisotopic (exact) mass is 300 g/mol. The van der Waals surface area contributed by atoms with Crippen molar-refractivity contribution < 1.29 is 4.79 Å². The summed E-state index contributed by atoms with van der Waals surface area (Å²) in [6.07, 6.45) is 5.44. The largest absolute Gasteiger partial charge is 0.370 e. The van der Waals surface area contributed by atoms with Crippen molar-refractivity contribution in [3.8, 4) is 0 Å². The second-order valence-corrected chi connectivity index (χ2v) is 5.99. The Morgan fingerprint density at radius 1 is 1.14 bits per heavy atom. The molecule has 0 atom stereocenters. The van der Waals surface area contributed by atoms with Gasteiger partial charge in [-0.1, -0.05) is 31.0 Å². The van der Waals surface area contributed by atoms with Crippen molar-refractivity contribution in [2.24, 2.45) is 10.7 Å². The van der Waals surface area contributed by atoms with Crippen LogP contribution in [0.15, 0.2) is 29.3 Å². The SMILES string of the molecule is NC(=NCCN1C(=O)Cc2ccccc21)N1CCCCCC1. The van der Waals surface area contributed by atoms with Gasteiger partial charge in [-0.3, -0.25) is 9.79 Å². The molecule has 0 saturated carbocycles. The number of para-hydroxylation sites is 1. The number of carbonyl (C=O) groups is 1. The Morgan fingerprint density at radius 2 is 1.86 bits per heavy atom. The summed E-state index contributed by atoms with van der Waals surface area (Å²) in [5, 5.41) is 0. The number of likely N-dealkylation sites (tertiary alicyclic amines) is 1. The van der Waals surface area contributed by atoms with E-state index in [9.17, 15) is 4.79 Å². The van der Waals surface area contributed by atoms with Crippen molar-refractivity contribution >= 4 is 17.6 Å². The number of amides is 1. The molecule has 2 N–H and O–H groups in total. The number of hydrogen-bond donors (Lipinski definition) is 1. The van der Waals surface area contributed by atoms with Gasteiger partial charge in [0.1, 0.15) is 0 Å². The highest BCUT2D eigenvalue weighted by molar-refractivity contribution is 6.01. The van der Waals surface area contributed by atoms with Crippen molar-refractivity contribution in [2.45, 2.75) is 32.1 Å². The lowest BCUT2D eigenvalue weighted by atomic mass is 10.2. The molecule has 1 saturated heterocycles. The maximum absolute atomic E-state index is 12.1. The highest BCUT2D eigenvalue weighted by atomic mass is 16.2. The Bertz CT molecular complexity index is 562. The van der Waals surface area contributed by atoms with Gasteiger partial charge in [-0.2, -0.15) is 0 Å². The minimum atomic E-state index is 0.157. The first-order chi connectivity index (χ1) is 10.8. The maximum Gasteiger partial charge on any atom is 0.231 e. The minimum Gasteiger partial charge on any atom is -0.370 e. The molecule has 118 valence electrons. The lowest BCUT2D eigenvalue weighted by Crippen LogP contribution is -2.39. The van der Waals surface area contributed by atoms with Gasteiger partial charge in [-0.05, 0) is 24.5 Å². The van der Waals surface area contributed by atoms with Crippen LogP contribution in [0.2, 0.25) is 0 Å². The molecule has 3 rings (SSSR count). The topological polar surface area (TPSA) is 61.9 Å². The molecule has 1 fully saturated rings. The Balaban J connectivity index is 1.58. The number of rotatable bonds is 3. The van der Waals surface area contributed by atoms with Crippen molar-refractivity contribution in [3.63, 3.8) is 0 Å². The van der Waals surface area contributed by atoms with Crippen LogP contribution in [0.3, 0.4) is 0 Å². The molecular formula is C17H24N4O. The molecule has 22 heavy (non-hydrogen) atoms. The summed E-state index contributed by atoms with van der Waals surface area (Å²) in [4.78, 5) is 20.6. The predicted octanol–water partition coefficient (Wildman–Crippen LogP) is 1.77. The first-order valence-electron chi connectivity index (χ1n) is 8.19. The first-order valence-corrected chi connectivity index (χ1v) is 8.19. The van der Waals surface area contributed by atoms with E-state index in [0.717, 1.165) is 24.3 Å². The maximum atomic E-state index is 12.1. The fourth-order valence-corrected chi connectivity index (χ4v) is 3.23. The zero-order valence-corrected chi connectivity index (χ0v) is 13.0. The average molecular weight is 300 g/mol. The number of nitrogens with two attached hydrogens (primary N) is 1. The van der Waals surface area contributed by atoms with Crippen molar-refractivity contribution in [1.82, 2.24) is 4.90 Å². The Hall–Kier alpha value is -2.04. The quantitative estimate of drug-likeness (QED) is 0.683. The molecule has 5 heteroatoms. The molecule has 2 aliphatic heterocycles. The van der Waals surface area contributed by atoms with E-state index in [1.54, 1.807) is 0 Å². The fourth-order valence-electron chi connectivity index (χ4n) is 3.23. The Kier molecular flexibility index (Phi) is 4.61. The van der Waals surface area contributed by atoms with Crippen LogP contribution in [0.5, 0.6) is 0 Å². The van der Waals surface area contributed by atoms with Crippen LogP contribution < -0.4 is 10.6 Å². The van der Waals surface area contributed by atoms with Crippen molar-refractivity contribution in [2.75, 3.05) is 31.1 Å². The van der Waals surface area contributed by atoms with Gasteiger partial charge in [-0.25, -0.2) is 0 Å². The molecule has 2 aliphatic rings. The van der Waals surface area contributed by atoms with Gasteiger partial charge in [-0.15, -0.1) is 0 Å². The first kappa shape index (κ1) is 14.9. The van der Waals surface area contributed by atoms with Crippen LogP contribution in [0, 0.1) is 0 Å². The summed E-state index contributed by atoms with van der Waals surface area (Å²) < 4.78 is 0. The standard InChI is InChI=1S/C17H24N4O/c18-17(20-10-5-1-2-6-11-20)19-9-12-21-15-8-4-3-7-14(15)13-16(21)22/h3-4,7-8H,1-2,5-6,9-13H2,(H2,18,19). The van der Waals surface area contributed by atoms with Gasteiger partial charge >= 0.3 is 0 Å². The fraction of sp³-hybridized carbons (Fsp3) is 0.529. The summed E-state index contributed by atoms with van der Waals surface area (Å²) in [5.41, 5.74) is 8.24. The molecule has 1 amide bonds. The van der Waals surface area contributed by atoms with E-state index in [1.807, 2.05) is 29.2 Å². The lowest BCUT2D eigenvalue weighted by Gasteiger charge is -2.22. The second-order valence-electron chi connectivity index (χ2n) is 5.99. The van der Waals surface area contributed by atoms with Crippen LogP contribution in [0.25, 0.3) is 0 Å². The number of hydrogen-bond acceptors (Lipinski definition) is 2. The normalized spacial score (nSPS) is 19.3. The molecule has 0 spiro atoms. The number of anilines is 1. The Labute approximate surface area is 131 Å². The van der Waals surface area contributed by atoms with E-state index >= 15 is 0 Å². The lowest BCUT2D eigenvalue weighted by molar-refractivity contribution is -0.117. The van der Waals surface area contributed by atoms with Crippen LogP contribution in [0.4, 0.5) is 5.69 Å². The molecule has 0 aromatic heterocycles. The third-order valence-corrected chi connectivity index (χ3v) is 4.45. The molecule has 1 aromatic rings. The zero-order valence-electron chi connectivity index (χ0n) is 13.0. The second kappa shape index (κ2) is 6.81. The van der Waals surface area contributed by atoms with Crippen molar-refractivity contribution in [3.05, 3.63) is 29.8 Å². The van der Waals surface area contributed by atoms with Gasteiger partial charge in [0.25, 0.3) is 0 Å². The molecule has 5 nitrogen and oxygen atoms in total. The van der Waals surface area contributed by atoms with Gasteiger partial charge in [0, 0.05) is 25.3 Å². The molecule has 0 aliphatic carbocycles. The van der Waals surface area contributed by atoms with Gasteiger partial charge in [0.05, 0.1) is 13.0 Å². The van der Waals surface area contributed by atoms with Crippen LogP contribution in [-0.2, 0) is 11.2 Å². The number of benzene rings is 1. The summed E-state index contributed by atoms with van der Waals surface area (Å²) in [5.74, 6) is 0.784. The van der Waals surface area contributed by atoms with E-state index < -0.39 is 0 Å². The van der Waals surface area contributed by atoms with Crippen LogP contribution in [0.1, 0.15) is 31.2 Å². The number of fused-ring (bicyclic) bond motifs is 1. The summed E-state index contributed by atoms with van der Waals surface area (Å²) in [7, 11) is 0. The summed E-state index contributed by atoms with van der Waals surface area (Å²) in [6.45, 7) is 3.16. The van der Waals surface area contributed by atoms with E-state index in [4.69, 9.17) is 5.73 Å². The zero-order chi connectivity index (χ0) is 15.4. The smallest absolute Gasteiger partial charge is 0.231 e. The van der Waals surface area contributed by atoms with E-state index in [-0.39, 0.29) is 5.91 Å². The summed E-state index contributed by atoms with van der Waals surface area (Å²) in [6, 6.07) is 7.97. The molecular weight excluding hydrogens is 276 g/mol. The Morgan fingerprint density at radius 3 is 2.64 bits per heavy atom. The van der Waals surface area contributed by atoms with Gasteiger partial charge < -0.3 is 15.5 Å². The van der Waals surface area contributed by atoms with Gasteiger partial charge in [0.2, 0.25) is 5.91 Å². The molecule has 0 unspecified atom stereocenters. The number of carbonyl (C=O) groups excluding carboxylic acids is 1. The van der Waals surface area contributed by atoms with Crippen LogP contribution in [-0.4, -0.2) is 42.9 Å². The van der Waals surface area contributed by atoms with Crippen LogP contribution >= 0.6 is 0 Å². The third-order valence-electron chi connectivity index (χ3n) is 4.45. The highest BCUT2D eigenvalue weighted by Crippen LogP contribution is 2.27. The highest BCUT2D eigenvalue weighted by Gasteiger charge is 2.26. The number of nitrogens with zero attached hydrogens (tertiary/aromatic N) is 3. The summed E-state index contributed by atoms with van der Waals surface area (Å²) >= 11 is 0. The molecule has 0 bridgehead atoms. The van der Waals surface area contributed by atoms with Gasteiger partial charge in [0.15, 0.2) is 5.96 Å². The van der Waals surface area contributed by atoms with E-state index in [1.165, 1.54) is 25.7 Å². The van der Waals surface area contributed by atoms with E-state index in [2.05, 4.69) is 9.89 Å².